The highest BCUT2D eigenvalue weighted by molar-refractivity contribution is 7.89. The minimum Gasteiger partial charge on any atom is -0.373 e. The second kappa shape index (κ2) is 8.90. The Hall–Kier alpha value is -2.55. The molecule has 31 heavy (non-hydrogen) atoms. The lowest BCUT2D eigenvalue weighted by Crippen LogP contribution is -2.48. The van der Waals surface area contributed by atoms with Crippen LogP contribution >= 0.6 is 0 Å². The molecule has 0 amide bonds. The molecule has 0 bridgehead atoms. The molecular formula is C23H27N3O4S. The van der Waals surface area contributed by atoms with E-state index in [0.29, 0.717) is 32.4 Å². The molecule has 1 saturated heterocycles. The fourth-order valence-electron chi connectivity index (χ4n) is 3.97. The standard InChI is InChI=1S/C23H27N3O4S/c1-17-14-26(15-18(2)30-17)31(28,29)22-8-4-19(5-9-22)13-21(27)7-3-20-6-10-23-24-11-12-25(23)16-20/h4-6,8-12,16-18H,3,7,13-15H2,1-2H3/t17-,18+. The van der Waals surface area contributed by atoms with Gasteiger partial charge in [0.05, 0.1) is 17.1 Å². The molecule has 0 saturated carbocycles. The largest absolute Gasteiger partial charge is 0.373 e. The number of ketones is 1. The maximum absolute atomic E-state index is 12.9. The molecule has 0 radical (unpaired) electrons. The van der Waals surface area contributed by atoms with Crippen LogP contribution in [0.25, 0.3) is 5.65 Å². The lowest BCUT2D eigenvalue weighted by molar-refractivity contribution is -0.118. The molecule has 0 aliphatic carbocycles. The highest BCUT2D eigenvalue weighted by Crippen LogP contribution is 2.22. The summed E-state index contributed by atoms with van der Waals surface area (Å²) in [5, 5.41) is 0. The molecular weight excluding hydrogens is 414 g/mol. The van der Waals surface area contributed by atoms with Gasteiger partial charge in [-0.1, -0.05) is 18.2 Å². The highest BCUT2D eigenvalue weighted by atomic mass is 32.2. The molecule has 1 aromatic carbocycles. The molecule has 7 nitrogen and oxygen atoms in total. The average molecular weight is 442 g/mol. The summed E-state index contributed by atoms with van der Waals surface area (Å²) in [5.74, 6) is 0.122. The molecule has 2 atom stereocenters. The van der Waals surface area contributed by atoms with Crippen molar-refractivity contribution in [3.63, 3.8) is 0 Å². The lowest BCUT2D eigenvalue weighted by atomic mass is 10.0. The number of aromatic nitrogens is 2. The number of aryl methyl sites for hydroxylation is 1. The summed E-state index contributed by atoms with van der Waals surface area (Å²) in [6, 6.07) is 10.6. The first-order valence-electron chi connectivity index (χ1n) is 10.5. The Morgan fingerprint density at radius 2 is 1.74 bits per heavy atom. The van der Waals surface area contributed by atoms with Crippen molar-refractivity contribution in [3.8, 4) is 0 Å². The number of morpholine rings is 1. The van der Waals surface area contributed by atoms with Gasteiger partial charge in [0.15, 0.2) is 0 Å². The Kier molecular flexibility index (Phi) is 6.22. The zero-order valence-electron chi connectivity index (χ0n) is 17.8. The van der Waals surface area contributed by atoms with Gasteiger partial charge >= 0.3 is 0 Å². The van der Waals surface area contributed by atoms with Crippen LogP contribution in [0.2, 0.25) is 0 Å². The van der Waals surface area contributed by atoms with Crippen LogP contribution in [0.5, 0.6) is 0 Å². The Morgan fingerprint density at radius 1 is 1.06 bits per heavy atom. The number of hydrogen-bond donors (Lipinski definition) is 0. The number of benzene rings is 1. The molecule has 3 heterocycles. The van der Waals surface area contributed by atoms with E-state index in [0.717, 1.165) is 16.8 Å². The SMILES string of the molecule is C[C@@H]1CN(S(=O)(=O)c2ccc(CC(=O)CCc3ccc4nccn4c3)cc2)C[C@H](C)O1. The zero-order valence-corrected chi connectivity index (χ0v) is 18.6. The Bertz CT molecular complexity index is 1160. The van der Waals surface area contributed by atoms with E-state index in [1.54, 1.807) is 30.5 Å². The monoisotopic (exact) mass is 441 g/mol. The van der Waals surface area contributed by atoms with E-state index in [1.165, 1.54) is 4.31 Å². The quantitative estimate of drug-likeness (QED) is 0.563. The summed E-state index contributed by atoms with van der Waals surface area (Å²) >= 11 is 0. The third kappa shape index (κ3) is 5.03. The number of ether oxygens (including phenoxy) is 1. The van der Waals surface area contributed by atoms with Crippen LogP contribution < -0.4 is 0 Å². The van der Waals surface area contributed by atoms with Crippen LogP contribution in [0, 0.1) is 0 Å². The van der Waals surface area contributed by atoms with Crippen LogP contribution in [-0.4, -0.2) is 53.2 Å². The van der Waals surface area contributed by atoms with Crippen molar-refractivity contribution in [2.24, 2.45) is 0 Å². The first kappa shape index (κ1) is 21.7. The van der Waals surface area contributed by atoms with Gasteiger partial charge in [0.25, 0.3) is 0 Å². The smallest absolute Gasteiger partial charge is 0.243 e. The maximum atomic E-state index is 12.9. The highest BCUT2D eigenvalue weighted by Gasteiger charge is 2.32. The molecule has 2 aromatic heterocycles. The number of sulfonamides is 1. The Balaban J connectivity index is 1.35. The van der Waals surface area contributed by atoms with Crippen LogP contribution in [-0.2, 0) is 32.4 Å². The van der Waals surface area contributed by atoms with Crippen molar-refractivity contribution in [1.82, 2.24) is 13.7 Å². The number of hydrogen-bond acceptors (Lipinski definition) is 5. The van der Waals surface area contributed by atoms with Crippen LogP contribution in [0.1, 0.15) is 31.4 Å². The van der Waals surface area contributed by atoms with Crippen LogP contribution in [0.4, 0.5) is 0 Å². The van der Waals surface area contributed by atoms with Gasteiger partial charge in [-0.25, -0.2) is 13.4 Å². The van der Waals surface area contributed by atoms with E-state index in [2.05, 4.69) is 4.98 Å². The van der Waals surface area contributed by atoms with E-state index in [-0.39, 0.29) is 22.9 Å². The van der Waals surface area contributed by atoms with Gasteiger partial charge in [0, 0.05) is 44.5 Å². The number of pyridine rings is 1. The van der Waals surface area contributed by atoms with E-state index < -0.39 is 10.0 Å². The number of imidazole rings is 1. The molecule has 1 fully saturated rings. The molecule has 8 heteroatoms. The second-order valence-corrected chi connectivity index (χ2v) is 10.1. The van der Waals surface area contributed by atoms with Crippen molar-refractivity contribution < 1.29 is 17.9 Å². The number of fused-ring (bicyclic) bond motifs is 1. The Morgan fingerprint density at radius 3 is 2.45 bits per heavy atom. The summed E-state index contributed by atoms with van der Waals surface area (Å²) in [4.78, 5) is 16.9. The van der Waals surface area contributed by atoms with Crippen LogP contribution in [0.3, 0.4) is 0 Å². The van der Waals surface area contributed by atoms with Crippen molar-refractivity contribution in [1.29, 1.82) is 0 Å². The van der Waals surface area contributed by atoms with Gasteiger partial charge in [-0.15, -0.1) is 0 Å². The van der Waals surface area contributed by atoms with E-state index in [1.807, 2.05) is 42.8 Å². The molecule has 164 valence electrons. The van der Waals surface area contributed by atoms with Gasteiger partial charge in [0.1, 0.15) is 11.4 Å². The minimum absolute atomic E-state index is 0.122. The molecule has 1 aliphatic heterocycles. The number of Topliss-reactive ketones (excluding diaryl/α,β-unsaturated/α-hetero) is 1. The third-order valence-corrected chi connectivity index (χ3v) is 7.34. The zero-order chi connectivity index (χ0) is 22.0. The lowest BCUT2D eigenvalue weighted by Gasteiger charge is -2.34. The minimum atomic E-state index is -3.57. The summed E-state index contributed by atoms with van der Waals surface area (Å²) in [5.41, 5.74) is 2.78. The predicted molar refractivity (Wildman–Crippen MR) is 117 cm³/mol. The molecule has 0 spiro atoms. The predicted octanol–water partition coefficient (Wildman–Crippen LogP) is 2.88. The summed E-state index contributed by atoms with van der Waals surface area (Å²) in [6.07, 6.45) is 6.73. The topological polar surface area (TPSA) is 81.0 Å². The van der Waals surface area contributed by atoms with E-state index in [9.17, 15) is 13.2 Å². The number of nitrogens with zero attached hydrogens (tertiary/aromatic N) is 3. The first-order valence-corrected chi connectivity index (χ1v) is 11.9. The molecule has 0 unspecified atom stereocenters. The average Bonchev–Trinajstić information content (AvgIpc) is 3.20. The fourth-order valence-corrected chi connectivity index (χ4v) is 5.56. The normalized spacial score (nSPS) is 20.2. The Labute approximate surface area is 182 Å². The van der Waals surface area contributed by atoms with Crippen molar-refractivity contribution >= 4 is 21.5 Å². The number of carbonyl (C=O) groups excluding carboxylic acids is 1. The number of rotatable bonds is 7. The van der Waals surface area contributed by atoms with Crippen molar-refractivity contribution in [3.05, 3.63) is 66.1 Å². The van der Waals surface area contributed by atoms with E-state index in [4.69, 9.17) is 4.74 Å². The van der Waals surface area contributed by atoms with E-state index >= 15 is 0 Å². The fraction of sp³-hybridized carbons (Fsp3) is 0.391. The molecule has 1 aliphatic rings. The molecule has 0 N–H and O–H groups in total. The molecule has 4 rings (SSSR count). The third-order valence-electron chi connectivity index (χ3n) is 5.49. The van der Waals surface area contributed by atoms with Crippen molar-refractivity contribution in [2.75, 3.05) is 13.1 Å². The first-order chi connectivity index (χ1) is 14.8. The van der Waals surface area contributed by atoms with Gasteiger partial charge in [0.2, 0.25) is 10.0 Å². The maximum Gasteiger partial charge on any atom is 0.243 e. The molecule has 3 aromatic rings. The second-order valence-electron chi connectivity index (χ2n) is 8.17. The van der Waals surface area contributed by atoms with Gasteiger partial charge in [-0.2, -0.15) is 4.31 Å². The van der Waals surface area contributed by atoms with Crippen LogP contribution in [0.15, 0.2) is 59.9 Å². The van der Waals surface area contributed by atoms with Crippen molar-refractivity contribution in [2.45, 2.75) is 50.2 Å². The number of carbonyl (C=O) groups is 1. The summed E-state index contributed by atoms with van der Waals surface area (Å²) in [7, 11) is -3.57. The van der Waals surface area contributed by atoms with Gasteiger partial charge < -0.3 is 9.14 Å². The van der Waals surface area contributed by atoms with Gasteiger partial charge in [-0.3, -0.25) is 4.79 Å². The van der Waals surface area contributed by atoms with Gasteiger partial charge in [-0.05, 0) is 49.6 Å². The summed E-state index contributed by atoms with van der Waals surface area (Å²) < 4.78 is 34.9. The summed E-state index contributed by atoms with van der Waals surface area (Å²) in [6.45, 7) is 4.44.